The lowest BCUT2D eigenvalue weighted by Crippen LogP contribution is -2.53. The predicted molar refractivity (Wildman–Crippen MR) is 129 cm³/mol. The summed E-state index contributed by atoms with van der Waals surface area (Å²) in [4.78, 5) is 34.9. The van der Waals surface area contributed by atoms with Crippen LogP contribution in [-0.2, 0) is 16.0 Å². The van der Waals surface area contributed by atoms with Crippen molar-refractivity contribution in [2.75, 3.05) is 39.0 Å². The number of rotatable bonds is 7. The van der Waals surface area contributed by atoms with Crippen molar-refractivity contribution in [3.05, 3.63) is 10.6 Å². The molecular weight excluding hydrogens is 424 g/mol. The molecule has 2 aliphatic carbocycles. The van der Waals surface area contributed by atoms with E-state index < -0.39 is 6.10 Å². The maximum absolute atomic E-state index is 13.0. The van der Waals surface area contributed by atoms with E-state index in [1.807, 2.05) is 44.7 Å². The Labute approximate surface area is 196 Å². The van der Waals surface area contributed by atoms with E-state index in [1.165, 1.54) is 4.88 Å². The van der Waals surface area contributed by atoms with Gasteiger partial charge in [-0.25, -0.2) is 4.98 Å². The minimum Gasteiger partial charge on any atom is -0.392 e. The van der Waals surface area contributed by atoms with Gasteiger partial charge in [0.15, 0.2) is 5.13 Å². The van der Waals surface area contributed by atoms with E-state index >= 15 is 0 Å². The fourth-order valence-corrected chi connectivity index (χ4v) is 7.33. The van der Waals surface area contributed by atoms with Crippen molar-refractivity contribution in [1.82, 2.24) is 14.8 Å². The summed E-state index contributed by atoms with van der Waals surface area (Å²) in [5.74, 6) is -0.0313. The molecule has 0 saturated heterocycles. The first-order valence-corrected chi connectivity index (χ1v) is 12.7. The molecular formula is C24H40N4O3S. The molecule has 7 nitrogen and oxygen atoms in total. The summed E-state index contributed by atoms with van der Waals surface area (Å²) in [6.45, 7) is 12.1. The molecule has 0 spiro atoms. The van der Waals surface area contributed by atoms with Gasteiger partial charge in [-0.05, 0) is 64.5 Å². The van der Waals surface area contributed by atoms with Gasteiger partial charge in [-0.3, -0.25) is 9.59 Å². The Morgan fingerprint density at radius 2 is 1.97 bits per heavy atom. The summed E-state index contributed by atoms with van der Waals surface area (Å²) in [5, 5.41) is 15.1. The molecule has 180 valence electrons. The van der Waals surface area contributed by atoms with E-state index in [4.69, 9.17) is 4.98 Å². The quantitative estimate of drug-likeness (QED) is 0.647. The number of likely N-dealkylation sites (N-methyl/N-ethyl adjacent to an activating group) is 1. The number of aromatic nitrogens is 1. The van der Waals surface area contributed by atoms with Crippen molar-refractivity contribution in [3.8, 4) is 0 Å². The van der Waals surface area contributed by atoms with Crippen LogP contribution in [0, 0.1) is 23.2 Å². The van der Waals surface area contributed by atoms with E-state index in [9.17, 15) is 14.7 Å². The summed E-state index contributed by atoms with van der Waals surface area (Å²) >= 11 is 1.57. The van der Waals surface area contributed by atoms with Gasteiger partial charge in [0, 0.05) is 29.8 Å². The number of fused-ring (bicyclic) bond motifs is 2. The van der Waals surface area contributed by atoms with Crippen molar-refractivity contribution in [1.29, 1.82) is 0 Å². The molecule has 1 heterocycles. The number of nitrogens with zero attached hydrogens (tertiary/aromatic N) is 3. The zero-order valence-electron chi connectivity index (χ0n) is 20.6. The number of amides is 2. The number of hydrogen-bond acceptors (Lipinski definition) is 6. The lowest BCUT2D eigenvalue weighted by Gasteiger charge is -2.53. The molecule has 3 rings (SSSR count). The lowest BCUT2D eigenvalue weighted by molar-refractivity contribution is -0.144. The van der Waals surface area contributed by atoms with Gasteiger partial charge < -0.3 is 20.2 Å². The molecule has 0 aliphatic heterocycles. The number of hydrogen-bond donors (Lipinski definition) is 2. The third kappa shape index (κ3) is 4.73. The maximum atomic E-state index is 13.0. The molecule has 0 bridgehead atoms. The first-order chi connectivity index (χ1) is 15.0. The number of anilines is 1. The molecule has 1 fully saturated rings. The first-order valence-electron chi connectivity index (χ1n) is 11.9. The molecule has 32 heavy (non-hydrogen) atoms. The molecule has 2 amide bonds. The molecule has 2 N–H and O–H groups in total. The largest absolute Gasteiger partial charge is 0.392 e. The highest BCUT2D eigenvalue weighted by Gasteiger charge is 2.54. The van der Waals surface area contributed by atoms with Crippen LogP contribution < -0.4 is 5.32 Å². The molecule has 2 aliphatic rings. The van der Waals surface area contributed by atoms with Crippen LogP contribution >= 0.6 is 11.3 Å². The molecule has 0 radical (unpaired) electrons. The number of aliphatic hydroxyl groups excluding tert-OH is 1. The Morgan fingerprint density at radius 1 is 1.31 bits per heavy atom. The Hall–Kier alpha value is -1.51. The summed E-state index contributed by atoms with van der Waals surface area (Å²) in [7, 11) is 3.73. The SMILES string of the molecule is CCN(CC)C(=O)[C@@H](C)[C@H]1CC[C@]2(C)Cc3sc(NC(=O)CN(C)C)nc3[C@@H](C)[C@@H]2[C@H]1O. The minimum absolute atomic E-state index is 0.0300. The zero-order chi connectivity index (χ0) is 23.8. The van der Waals surface area contributed by atoms with Crippen LogP contribution in [0.5, 0.6) is 0 Å². The van der Waals surface area contributed by atoms with Gasteiger partial charge >= 0.3 is 0 Å². The van der Waals surface area contributed by atoms with Gasteiger partial charge in [0.25, 0.3) is 0 Å². The normalized spacial score (nSPS) is 30.4. The third-order valence-corrected chi connectivity index (χ3v) is 8.72. The number of nitrogens with one attached hydrogen (secondary N) is 1. The molecule has 6 atom stereocenters. The highest BCUT2D eigenvalue weighted by molar-refractivity contribution is 7.15. The van der Waals surface area contributed by atoms with Crippen molar-refractivity contribution in [2.24, 2.45) is 23.2 Å². The van der Waals surface area contributed by atoms with Gasteiger partial charge in [-0.15, -0.1) is 11.3 Å². The van der Waals surface area contributed by atoms with Crippen LogP contribution in [0.2, 0.25) is 0 Å². The van der Waals surface area contributed by atoms with Gasteiger partial charge in [0.05, 0.1) is 18.3 Å². The number of carbonyl (C=O) groups is 2. The molecule has 0 unspecified atom stereocenters. The Morgan fingerprint density at radius 3 is 2.56 bits per heavy atom. The van der Waals surface area contributed by atoms with Crippen molar-refractivity contribution in [2.45, 2.75) is 65.9 Å². The van der Waals surface area contributed by atoms with E-state index in [0.717, 1.165) is 25.0 Å². The Balaban J connectivity index is 1.82. The maximum Gasteiger partial charge on any atom is 0.240 e. The molecule has 0 aromatic carbocycles. The predicted octanol–water partition coefficient (Wildman–Crippen LogP) is 3.20. The third-order valence-electron chi connectivity index (χ3n) is 7.74. The van der Waals surface area contributed by atoms with E-state index in [2.05, 4.69) is 19.2 Å². The van der Waals surface area contributed by atoms with Crippen LogP contribution in [0.1, 0.15) is 63.9 Å². The smallest absolute Gasteiger partial charge is 0.240 e. The zero-order valence-corrected chi connectivity index (χ0v) is 21.5. The van der Waals surface area contributed by atoms with Crippen LogP contribution in [-0.4, -0.2) is 71.5 Å². The molecule has 1 aromatic heterocycles. The second-order valence-electron chi connectivity index (χ2n) is 10.3. The molecule has 1 saturated carbocycles. The monoisotopic (exact) mass is 464 g/mol. The first kappa shape index (κ1) is 25.1. The van der Waals surface area contributed by atoms with Crippen molar-refractivity contribution < 1.29 is 14.7 Å². The lowest BCUT2D eigenvalue weighted by atomic mass is 9.53. The second-order valence-corrected chi connectivity index (χ2v) is 11.3. The standard InChI is InChI=1S/C24H40N4O3S/c1-8-28(9-2)22(31)14(3)16-10-11-24(5)12-17-20(15(4)19(24)21(16)30)26-23(32-17)25-18(29)13-27(6)7/h14-16,19,21,30H,8-13H2,1-7H3,(H,25,26,29)/t14-,15-,16+,19+,21-,24+/m0/s1. The van der Waals surface area contributed by atoms with Crippen LogP contribution in [0.4, 0.5) is 5.13 Å². The summed E-state index contributed by atoms with van der Waals surface area (Å²) in [6.07, 6.45) is 2.16. The minimum atomic E-state index is -0.542. The van der Waals surface area contributed by atoms with E-state index in [1.54, 1.807) is 11.3 Å². The highest BCUT2D eigenvalue weighted by atomic mass is 32.1. The van der Waals surface area contributed by atoms with Gasteiger partial charge in [-0.1, -0.05) is 20.8 Å². The highest BCUT2D eigenvalue weighted by Crippen LogP contribution is 2.57. The van der Waals surface area contributed by atoms with Crippen molar-refractivity contribution in [3.63, 3.8) is 0 Å². The van der Waals surface area contributed by atoms with E-state index in [-0.39, 0.29) is 40.9 Å². The summed E-state index contributed by atoms with van der Waals surface area (Å²) < 4.78 is 0. The summed E-state index contributed by atoms with van der Waals surface area (Å²) in [5.41, 5.74) is 0.970. The molecule has 1 aromatic rings. The average molecular weight is 465 g/mol. The topological polar surface area (TPSA) is 85.8 Å². The second kappa shape index (κ2) is 9.77. The Kier molecular flexibility index (Phi) is 7.67. The molecule has 8 heteroatoms. The van der Waals surface area contributed by atoms with Crippen LogP contribution in [0.15, 0.2) is 0 Å². The van der Waals surface area contributed by atoms with Crippen LogP contribution in [0.3, 0.4) is 0 Å². The van der Waals surface area contributed by atoms with E-state index in [0.29, 0.717) is 24.8 Å². The van der Waals surface area contributed by atoms with Crippen molar-refractivity contribution >= 4 is 28.3 Å². The van der Waals surface area contributed by atoms with Gasteiger partial charge in [0.1, 0.15) is 0 Å². The number of carbonyl (C=O) groups excluding carboxylic acids is 2. The fraction of sp³-hybridized carbons (Fsp3) is 0.792. The summed E-state index contributed by atoms with van der Waals surface area (Å²) in [6, 6.07) is 0. The fourth-order valence-electron chi connectivity index (χ4n) is 6.05. The number of aliphatic hydroxyl groups is 1. The van der Waals surface area contributed by atoms with Gasteiger partial charge in [-0.2, -0.15) is 0 Å². The number of thiazole rings is 1. The van der Waals surface area contributed by atoms with Crippen LogP contribution in [0.25, 0.3) is 0 Å². The Bertz CT molecular complexity index is 837. The average Bonchev–Trinajstić information content (AvgIpc) is 3.09. The van der Waals surface area contributed by atoms with Gasteiger partial charge in [0.2, 0.25) is 11.8 Å².